The Hall–Kier alpha value is -0.110. The molecule has 0 aliphatic heterocycles. The lowest BCUT2D eigenvalue weighted by molar-refractivity contribution is -0.870. The highest BCUT2D eigenvalue weighted by atomic mass is 19.0. The van der Waals surface area contributed by atoms with E-state index in [1.807, 2.05) is 0 Å². The van der Waals surface area contributed by atoms with Crippen LogP contribution in [0.15, 0.2) is 0 Å². The zero-order chi connectivity index (χ0) is 13.7. The van der Waals surface area contributed by atoms with Crippen LogP contribution in [-0.2, 0) is 0 Å². The summed E-state index contributed by atoms with van der Waals surface area (Å²) >= 11 is 0. The Morgan fingerprint density at radius 1 is 0.526 bits per heavy atom. The number of halogens is 1. The quantitative estimate of drug-likeness (QED) is 0.358. The number of unbranched alkanes of at least 4 members (excludes halogenated alkanes) is 11. The highest BCUT2D eigenvalue weighted by Gasteiger charge is 2.04. The van der Waals surface area contributed by atoms with E-state index >= 15 is 0 Å². The first-order chi connectivity index (χ1) is 8.56. The third-order valence-corrected chi connectivity index (χ3v) is 3.68. The molecule has 0 saturated heterocycles. The fourth-order valence-corrected chi connectivity index (χ4v) is 2.43. The van der Waals surface area contributed by atoms with Gasteiger partial charge in [0.15, 0.2) is 0 Å². The molecule has 1 nitrogen and oxygen atoms in total. The van der Waals surface area contributed by atoms with Gasteiger partial charge in [0.1, 0.15) is 0 Å². The molecule has 0 fully saturated rings. The Kier molecular flexibility index (Phi) is 16.0. The highest BCUT2D eigenvalue weighted by Crippen LogP contribution is 2.12. The van der Waals surface area contributed by atoms with Crippen LogP contribution >= 0.6 is 0 Å². The number of quaternary nitrogens is 1. The van der Waals surface area contributed by atoms with E-state index in [0.717, 1.165) is 4.48 Å². The van der Waals surface area contributed by atoms with E-state index in [1.54, 1.807) is 0 Å². The van der Waals surface area contributed by atoms with E-state index in [-0.39, 0.29) is 4.70 Å². The summed E-state index contributed by atoms with van der Waals surface area (Å²) in [7, 11) is 6.87. The fraction of sp³-hybridized carbons (Fsp3) is 1.00. The van der Waals surface area contributed by atoms with Gasteiger partial charge in [0.25, 0.3) is 0 Å². The summed E-state index contributed by atoms with van der Waals surface area (Å²) in [6.07, 6.45) is 17.4. The van der Waals surface area contributed by atoms with Crippen molar-refractivity contribution < 1.29 is 9.19 Å². The summed E-state index contributed by atoms with van der Waals surface area (Å²) in [6, 6.07) is 0. The molecule has 0 atom stereocenters. The Morgan fingerprint density at radius 2 is 0.842 bits per heavy atom. The SMILES string of the molecule is CCCCCCCCCCCCCC[N+](C)(C)C.[F-]. The molecule has 0 aliphatic carbocycles. The zero-order valence-electron chi connectivity index (χ0n) is 14.0. The summed E-state index contributed by atoms with van der Waals surface area (Å²) in [6.45, 7) is 3.62. The second kappa shape index (κ2) is 14.3. The summed E-state index contributed by atoms with van der Waals surface area (Å²) in [5.41, 5.74) is 0. The fourth-order valence-electron chi connectivity index (χ4n) is 2.43. The molecule has 0 N–H and O–H groups in total. The Morgan fingerprint density at radius 3 is 1.16 bits per heavy atom. The van der Waals surface area contributed by atoms with E-state index < -0.39 is 0 Å². The summed E-state index contributed by atoms with van der Waals surface area (Å²) in [5, 5.41) is 0. The third-order valence-electron chi connectivity index (χ3n) is 3.68. The van der Waals surface area contributed by atoms with Gasteiger partial charge in [-0.1, -0.05) is 71.1 Å². The van der Waals surface area contributed by atoms with Crippen LogP contribution in [-0.4, -0.2) is 32.2 Å². The average molecular weight is 275 g/mol. The van der Waals surface area contributed by atoms with Crippen molar-refractivity contribution in [3.05, 3.63) is 0 Å². The normalized spacial score (nSPS) is 11.4. The molecule has 0 heterocycles. The predicted octanol–water partition coefficient (Wildman–Crippen LogP) is 2.40. The molecule has 0 aromatic carbocycles. The minimum Gasteiger partial charge on any atom is -1.00 e. The molecule has 0 aromatic heterocycles. The van der Waals surface area contributed by atoms with Gasteiger partial charge < -0.3 is 9.19 Å². The number of nitrogens with zero attached hydrogens (tertiary/aromatic N) is 1. The first kappa shape index (κ1) is 21.2. The van der Waals surface area contributed by atoms with Crippen LogP contribution in [0.5, 0.6) is 0 Å². The molecule has 0 saturated carbocycles. The maximum absolute atomic E-state index is 2.29. The van der Waals surface area contributed by atoms with Gasteiger partial charge in [-0.05, 0) is 12.8 Å². The lowest BCUT2D eigenvalue weighted by Gasteiger charge is -2.23. The second-order valence-electron chi connectivity index (χ2n) is 6.90. The van der Waals surface area contributed by atoms with Crippen LogP contribution in [0.25, 0.3) is 0 Å². The number of hydrogen-bond donors (Lipinski definition) is 0. The molecule has 0 aromatic rings. The molecule has 0 aliphatic rings. The molecule has 0 bridgehead atoms. The van der Waals surface area contributed by atoms with E-state index in [1.165, 1.54) is 83.6 Å². The van der Waals surface area contributed by atoms with Gasteiger partial charge >= 0.3 is 0 Å². The molecule has 0 rings (SSSR count). The summed E-state index contributed by atoms with van der Waals surface area (Å²) in [4.78, 5) is 0. The molecule has 0 radical (unpaired) electrons. The van der Waals surface area contributed by atoms with Crippen molar-refractivity contribution in [3.8, 4) is 0 Å². The van der Waals surface area contributed by atoms with Gasteiger partial charge in [-0.15, -0.1) is 0 Å². The Labute approximate surface area is 121 Å². The van der Waals surface area contributed by atoms with Crippen LogP contribution in [0.4, 0.5) is 0 Å². The van der Waals surface area contributed by atoms with Gasteiger partial charge in [-0.2, -0.15) is 0 Å². The Bertz CT molecular complexity index is 163. The molecule has 19 heavy (non-hydrogen) atoms. The van der Waals surface area contributed by atoms with Gasteiger partial charge in [0.05, 0.1) is 27.7 Å². The van der Waals surface area contributed by atoms with Gasteiger partial charge in [-0.25, -0.2) is 0 Å². The molecular formula is C17H38FN. The summed E-state index contributed by atoms with van der Waals surface area (Å²) in [5.74, 6) is 0. The van der Waals surface area contributed by atoms with Crippen molar-refractivity contribution in [1.82, 2.24) is 0 Å². The second-order valence-corrected chi connectivity index (χ2v) is 6.90. The van der Waals surface area contributed by atoms with Crippen molar-refractivity contribution in [2.45, 2.75) is 84.0 Å². The van der Waals surface area contributed by atoms with E-state index in [2.05, 4.69) is 28.1 Å². The first-order valence-corrected chi connectivity index (χ1v) is 8.36. The van der Waals surface area contributed by atoms with Crippen molar-refractivity contribution in [2.24, 2.45) is 0 Å². The maximum atomic E-state index is 2.29. The summed E-state index contributed by atoms with van der Waals surface area (Å²) < 4.78 is 1.12. The largest absolute Gasteiger partial charge is 1.00 e. The van der Waals surface area contributed by atoms with Gasteiger partial charge in [-0.3, -0.25) is 0 Å². The Balaban J connectivity index is 0. The average Bonchev–Trinajstić information content (AvgIpc) is 2.29. The lowest BCUT2D eigenvalue weighted by atomic mass is 10.1. The van der Waals surface area contributed by atoms with E-state index in [9.17, 15) is 0 Å². The molecule has 2 heteroatoms. The number of hydrogen-bond acceptors (Lipinski definition) is 0. The molecule has 0 unspecified atom stereocenters. The minimum atomic E-state index is 0. The predicted molar refractivity (Wildman–Crippen MR) is 84.0 cm³/mol. The third kappa shape index (κ3) is 20.4. The van der Waals surface area contributed by atoms with Crippen LogP contribution < -0.4 is 4.70 Å². The van der Waals surface area contributed by atoms with Crippen LogP contribution in [0, 0.1) is 0 Å². The molecule has 0 amide bonds. The van der Waals surface area contributed by atoms with Crippen molar-refractivity contribution in [2.75, 3.05) is 27.7 Å². The minimum absolute atomic E-state index is 0. The molecule has 0 spiro atoms. The van der Waals surface area contributed by atoms with Crippen molar-refractivity contribution >= 4 is 0 Å². The number of rotatable bonds is 13. The molecule has 118 valence electrons. The van der Waals surface area contributed by atoms with Gasteiger partial charge in [0.2, 0.25) is 0 Å². The maximum Gasteiger partial charge on any atom is 0.0780 e. The zero-order valence-corrected chi connectivity index (χ0v) is 14.0. The van der Waals surface area contributed by atoms with E-state index in [4.69, 9.17) is 0 Å². The molecular weight excluding hydrogens is 237 g/mol. The lowest BCUT2D eigenvalue weighted by Crippen LogP contribution is -3.00. The van der Waals surface area contributed by atoms with Crippen molar-refractivity contribution in [3.63, 3.8) is 0 Å². The smallest absolute Gasteiger partial charge is 0.0780 e. The van der Waals surface area contributed by atoms with Crippen LogP contribution in [0.3, 0.4) is 0 Å². The van der Waals surface area contributed by atoms with Gasteiger partial charge in [0, 0.05) is 0 Å². The van der Waals surface area contributed by atoms with Crippen molar-refractivity contribution in [1.29, 1.82) is 0 Å². The standard InChI is InChI=1S/C17H38N.FH/c1-5-6-7-8-9-10-11-12-13-14-15-16-17-18(2,3)4;/h5-17H2,1-4H3;1H/q+1;/p-1. The van der Waals surface area contributed by atoms with Crippen LogP contribution in [0.2, 0.25) is 0 Å². The topological polar surface area (TPSA) is 0 Å². The first-order valence-electron chi connectivity index (χ1n) is 8.36. The van der Waals surface area contributed by atoms with Crippen LogP contribution in [0.1, 0.15) is 84.0 Å². The highest BCUT2D eigenvalue weighted by molar-refractivity contribution is 4.48. The van der Waals surface area contributed by atoms with E-state index in [0.29, 0.717) is 0 Å². The monoisotopic (exact) mass is 275 g/mol.